The largest absolute Gasteiger partial charge is 0.265 e. The average Bonchev–Trinajstić information content (AvgIpc) is 2.47. The summed E-state index contributed by atoms with van der Waals surface area (Å²) in [6.45, 7) is 2.88. The molecule has 1 N–H and O–H groups in total. The molecule has 0 aliphatic carbocycles. The monoisotopic (exact) mass is 268 g/mol. The van der Waals surface area contributed by atoms with Crippen molar-refractivity contribution in [3.63, 3.8) is 0 Å². The van der Waals surface area contributed by atoms with Gasteiger partial charge in [0, 0.05) is 35.8 Å². The molecule has 3 heteroatoms. The van der Waals surface area contributed by atoms with Gasteiger partial charge in [-0.05, 0) is 53.9 Å². The molecule has 19 heavy (non-hydrogen) atoms. The highest BCUT2D eigenvalue weighted by molar-refractivity contribution is 7.97. The predicted octanol–water partition coefficient (Wildman–Crippen LogP) is 3.64. The van der Waals surface area contributed by atoms with E-state index < -0.39 is 0 Å². The topological polar surface area (TPSA) is 24.9 Å². The molecular weight excluding hydrogens is 252 g/mol. The third-order valence-electron chi connectivity index (χ3n) is 2.48. The Labute approximate surface area is 118 Å². The smallest absolute Gasteiger partial charge is 0.0314 e. The quantitative estimate of drug-likeness (QED) is 0.677. The van der Waals surface area contributed by atoms with Crippen LogP contribution >= 0.6 is 11.9 Å². The van der Waals surface area contributed by atoms with Gasteiger partial charge >= 0.3 is 0 Å². The number of nitrogens with one attached hydrogen (secondary N) is 1. The SMILES string of the molecule is CCC#Cc1ccc(SNCc2ccncc2)cc1. The predicted molar refractivity (Wildman–Crippen MR) is 80.5 cm³/mol. The van der Waals surface area contributed by atoms with Crippen LogP contribution < -0.4 is 4.72 Å². The number of benzene rings is 1. The molecule has 0 radical (unpaired) electrons. The van der Waals surface area contributed by atoms with Crippen molar-refractivity contribution in [1.82, 2.24) is 9.71 Å². The van der Waals surface area contributed by atoms with Crippen LogP contribution in [0.2, 0.25) is 0 Å². The molecule has 0 unspecified atom stereocenters. The molecule has 0 bridgehead atoms. The van der Waals surface area contributed by atoms with E-state index in [9.17, 15) is 0 Å². The fourth-order valence-electron chi connectivity index (χ4n) is 1.50. The van der Waals surface area contributed by atoms with E-state index in [4.69, 9.17) is 0 Å². The van der Waals surface area contributed by atoms with Crippen LogP contribution in [-0.4, -0.2) is 4.98 Å². The van der Waals surface area contributed by atoms with Crippen molar-refractivity contribution in [2.45, 2.75) is 24.8 Å². The summed E-state index contributed by atoms with van der Waals surface area (Å²) in [6, 6.07) is 12.3. The van der Waals surface area contributed by atoms with Crippen molar-refractivity contribution in [1.29, 1.82) is 0 Å². The second-order valence-electron chi connectivity index (χ2n) is 3.96. The zero-order valence-corrected chi connectivity index (χ0v) is 11.7. The van der Waals surface area contributed by atoms with Crippen LogP contribution in [0.4, 0.5) is 0 Å². The van der Waals surface area contributed by atoms with Gasteiger partial charge in [0.25, 0.3) is 0 Å². The summed E-state index contributed by atoms with van der Waals surface area (Å²) in [7, 11) is 0. The highest BCUT2D eigenvalue weighted by atomic mass is 32.2. The van der Waals surface area contributed by atoms with E-state index in [1.54, 1.807) is 11.9 Å². The standard InChI is InChI=1S/C16H16N2S/c1-2-3-4-14-5-7-16(8-6-14)19-18-13-15-9-11-17-12-10-15/h5-12,18H,2,13H2,1H3. The summed E-state index contributed by atoms with van der Waals surface area (Å²) in [6.07, 6.45) is 4.51. The zero-order chi connectivity index (χ0) is 13.3. The van der Waals surface area contributed by atoms with Crippen molar-refractivity contribution in [2.75, 3.05) is 0 Å². The van der Waals surface area contributed by atoms with Crippen molar-refractivity contribution in [2.24, 2.45) is 0 Å². The molecule has 2 aromatic rings. The Bertz CT molecular complexity index is 553. The van der Waals surface area contributed by atoms with Gasteiger partial charge in [-0.25, -0.2) is 0 Å². The van der Waals surface area contributed by atoms with Crippen LogP contribution in [-0.2, 0) is 6.54 Å². The summed E-state index contributed by atoms with van der Waals surface area (Å²) >= 11 is 1.63. The van der Waals surface area contributed by atoms with Crippen molar-refractivity contribution in [3.8, 4) is 11.8 Å². The molecule has 0 aliphatic heterocycles. The summed E-state index contributed by atoms with van der Waals surface area (Å²) in [5, 5.41) is 0. The third kappa shape index (κ3) is 4.78. The molecule has 0 aliphatic rings. The molecule has 2 rings (SSSR count). The van der Waals surface area contributed by atoms with E-state index in [2.05, 4.69) is 52.7 Å². The Morgan fingerprint density at radius 3 is 2.53 bits per heavy atom. The molecule has 0 amide bonds. The highest BCUT2D eigenvalue weighted by Crippen LogP contribution is 2.15. The Kier molecular flexibility index (Phi) is 5.49. The van der Waals surface area contributed by atoms with Gasteiger partial charge in [0.2, 0.25) is 0 Å². The van der Waals surface area contributed by atoms with Gasteiger partial charge in [-0.3, -0.25) is 9.71 Å². The number of nitrogens with zero attached hydrogens (tertiary/aromatic N) is 1. The van der Waals surface area contributed by atoms with Gasteiger partial charge in [-0.1, -0.05) is 18.8 Å². The van der Waals surface area contributed by atoms with Crippen molar-refractivity contribution < 1.29 is 0 Å². The fourth-order valence-corrected chi connectivity index (χ4v) is 2.18. The molecule has 1 aromatic heterocycles. The van der Waals surface area contributed by atoms with Gasteiger partial charge < -0.3 is 0 Å². The van der Waals surface area contributed by atoms with Crippen LogP contribution in [0.25, 0.3) is 0 Å². The molecule has 1 aromatic carbocycles. The highest BCUT2D eigenvalue weighted by Gasteiger charge is 1.95. The normalized spacial score (nSPS) is 9.74. The van der Waals surface area contributed by atoms with Gasteiger partial charge in [-0.15, -0.1) is 0 Å². The van der Waals surface area contributed by atoms with E-state index in [0.29, 0.717) is 0 Å². The number of rotatable bonds is 4. The van der Waals surface area contributed by atoms with E-state index in [1.807, 2.05) is 24.5 Å². The number of hydrogen-bond donors (Lipinski definition) is 1. The average molecular weight is 268 g/mol. The lowest BCUT2D eigenvalue weighted by molar-refractivity contribution is 0.969. The summed E-state index contributed by atoms with van der Waals surface area (Å²) < 4.78 is 3.33. The van der Waals surface area contributed by atoms with Crippen LogP contribution in [0.1, 0.15) is 24.5 Å². The van der Waals surface area contributed by atoms with Gasteiger partial charge in [0.15, 0.2) is 0 Å². The lowest BCUT2D eigenvalue weighted by Crippen LogP contribution is -2.02. The van der Waals surface area contributed by atoms with Gasteiger partial charge in [-0.2, -0.15) is 0 Å². The Morgan fingerprint density at radius 2 is 1.84 bits per heavy atom. The number of pyridine rings is 1. The maximum absolute atomic E-state index is 4.00. The minimum Gasteiger partial charge on any atom is -0.265 e. The molecule has 0 fully saturated rings. The first-order chi connectivity index (χ1) is 9.38. The first kappa shape index (κ1) is 13.7. The molecule has 2 nitrogen and oxygen atoms in total. The minimum atomic E-state index is 0.824. The second-order valence-corrected chi connectivity index (χ2v) is 4.92. The van der Waals surface area contributed by atoms with E-state index in [-0.39, 0.29) is 0 Å². The summed E-state index contributed by atoms with van der Waals surface area (Å²) in [5.41, 5.74) is 2.30. The number of aromatic nitrogens is 1. The van der Waals surface area contributed by atoms with Gasteiger partial charge in [0.1, 0.15) is 0 Å². The maximum Gasteiger partial charge on any atom is 0.0314 e. The molecule has 1 heterocycles. The summed E-state index contributed by atoms with van der Waals surface area (Å²) in [4.78, 5) is 5.19. The molecule has 0 atom stereocenters. The Hall–Kier alpha value is -1.76. The maximum atomic E-state index is 4.00. The van der Waals surface area contributed by atoms with Crippen LogP contribution in [0.3, 0.4) is 0 Å². The van der Waals surface area contributed by atoms with Gasteiger partial charge in [0.05, 0.1) is 0 Å². The second kappa shape index (κ2) is 7.63. The fraction of sp³-hybridized carbons (Fsp3) is 0.188. The Morgan fingerprint density at radius 1 is 1.11 bits per heavy atom. The van der Waals surface area contributed by atoms with Crippen molar-refractivity contribution in [3.05, 3.63) is 59.9 Å². The lowest BCUT2D eigenvalue weighted by atomic mass is 10.2. The van der Waals surface area contributed by atoms with Crippen molar-refractivity contribution >= 4 is 11.9 Å². The zero-order valence-electron chi connectivity index (χ0n) is 10.9. The van der Waals surface area contributed by atoms with Crippen LogP contribution in [0.15, 0.2) is 53.7 Å². The van der Waals surface area contributed by atoms with Crippen LogP contribution in [0, 0.1) is 11.8 Å². The lowest BCUT2D eigenvalue weighted by Gasteiger charge is -2.04. The number of hydrogen-bond acceptors (Lipinski definition) is 3. The first-order valence-corrected chi connectivity index (χ1v) is 7.07. The Balaban J connectivity index is 1.83. The summed E-state index contributed by atoms with van der Waals surface area (Å²) in [5.74, 6) is 6.19. The molecular formula is C16H16N2S. The molecule has 96 valence electrons. The van der Waals surface area contributed by atoms with Crippen LogP contribution in [0.5, 0.6) is 0 Å². The van der Waals surface area contributed by atoms with E-state index in [1.165, 1.54) is 10.5 Å². The first-order valence-electron chi connectivity index (χ1n) is 6.26. The third-order valence-corrected chi connectivity index (χ3v) is 3.28. The van der Waals surface area contributed by atoms with E-state index >= 15 is 0 Å². The molecule has 0 saturated heterocycles. The molecule has 0 spiro atoms. The van der Waals surface area contributed by atoms with E-state index in [0.717, 1.165) is 18.5 Å². The minimum absolute atomic E-state index is 0.824. The molecule has 0 saturated carbocycles.